The number of thiophene rings is 1. The van der Waals surface area contributed by atoms with Crippen LogP contribution in [0.4, 0.5) is 0 Å². The van der Waals surface area contributed by atoms with Crippen LogP contribution in [0.3, 0.4) is 0 Å². The van der Waals surface area contributed by atoms with Crippen LogP contribution in [0.25, 0.3) is 10.8 Å². The van der Waals surface area contributed by atoms with Crippen LogP contribution in [0.5, 0.6) is 0 Å². The maximum Gasteiger partial charge on any atom is 0.321 e. The molecule has 0 aliphatic carbocycles. The summed E-state index contributed by atoms with van der Waals surface area (Å²) in [4.78, 5) is 46.6. The molecule has 4 N–H and O–H groups in total. The van der Waals surface area contributed by atoms with E-state index >= 15 is 0 Å². The van der Waals surface area contributed by atoms with E-state index in [4.69, 9.17) is 11.0 Å². The molecule has 0 spiro atoms. The van der Waals surface area contributed by atoms with Crippen molar-refractivity contribution in [3.05, 3.63) is 124 Å². The number of imidazole rings is 1. The molecule has 2 aromatic heterocycles. The second-order valence-electron chi connectivity index (χ2n) is 12.7. The number of nitrogens with two attached hydrogens (primary N) is 1. The number of nitrogens with zero attached hydrogens (tertiary/aromatic N) is 4. The summed E-state index contributed by atoms with van der Waals surface area (Å²) in [6, 6.07) is 25.4. The number of hydrogen-bond acceptors (Lipinski definition) is 8. The zero-order chi connectivity index (χ0) is 35.6. The van der Waals surface area contributed by atoms with Crippen molar-refractivity contribution in [3.8, 4) is 6.07 Å². The lowest BCUT2D eigenvalue weighted by atomic mass is 9.92. The number of nitrogens with one attached hydrogen (secondary N) is 1. The molecule has 0 aliphatic rings. The standard InChI is InChI=1S/C39H42N6O4S/c1-3-26(2)33(43-36(47)18-31-20-42-25-45(31)21-28-15-13-27(19-40)14-16-28)23-44(22-30-10-6-9-29-8-4-5-11-32(29)30)24-34(46)37(38(41)39(48)49)35-12-7-17-50-35/h4-17,20,25-26,33,37-38H,3,18,21-24,41H2,1-2H3,(H,43,47)(H,48,49). The number of aromatic nitrogens is 2. The van der Waals surface area contributed by atoms with Crippen molar-refractivity contribution in [2.24, 2.45) is 11.7 Å². The molecule has 10 nitrogen and oxygen atoms in total. The Morgan fingerprint density at radius 3 is 2.52 bits per heavy atom. The Hall–Kier alpha value is -5.15. The number of carbonyl (C=O) groups excluding carboxylic acids is 2. The number of ketones is 1. The van der Waals surface area contributed by atoms with E-state index in [9.17, 15) is 19.5 Å². The maximum absolute atomic E-state index is 14.0. The van der Waals surface area contributed by atoms with Crippen LogP contribution < -0.4 is 11.1 Å². The first-order valence-corrected chi connectivity index (χ1v) is 17.6. The number of amides is 1. The molecule has 2 heterocycles. The van der Waals surface area contributed by atoms with E-state index < -0.39 is 17.9 Å². The number of aliphatic carboxylic acids is 1. The zero-order valence-electron chi connectivity index (χ0n) is 28.2. The van der Waals surface area contributed by atoms with E-state index in [1.54, 1.807) is 36.8 Å². The molecule has 50 heavy (non-hydrogen) atoms. The fourth-order valence-electron chi connectivity index (χ4n) is 6.19. The molecule has 0 bridgehead atoms. The third-order valence-electron chi connectivity index (χ3n) is 9.20. The van der Waals surface area contributed by atoms with E-state index in [-0.39, 0.29) is 36.6 Å². The second-order valence-corrected chi connectivity index (χ2v) is 13.7. The highest BCUT2D eigenvalue weighted by Crippen LogP contribution is 2.27. The summed E-state index contributed by atoms with van der Waals surface area (Å²) in [5.41, 5.74) is 9.46. The molecule has 4 atom stereocenters. The third-order valence-corrected chi connectivity index (χ3v) is 10.2. The van der Waals surface area contributed by atoms with Crippen LogP contribution >= 0.6 is 11.3 Å². The predicted molar refractivity (Wildman–Crippen MR) is 194 cm³/mol. The molecule has 258 valence electrons. The Morgan fingerprint density at radius 2 is 1.82 bits per heavy atom. The van der Waals surface area contributed by atoms with Gasteiger partial charge in [0.25, 0.3) is 0 Å². The zero-order valence-corrected chi connectivity index (χ0v) is 29.1. The predicted octanol–water partition coefficient (Wildman–Crippen LogP) is 5.36. The van der Waals surface area contributed by atoms with Crippen LogP contribution in [0.2, 0.25) is 0 Å². The lowest BCUT2D eigenvalue weighted by Gasteiger charge is -2.32. The summed E-state index contributed by atoms with van der Waals surface area (Å²) < 4.78 is 1.92. The van der Waals surface area contributed by atoms with E-state index in [0.29, 0.717) is 30.1 Å². The van der Waals surface area contributed by atoms with Crippen molar-refractivity contribution in [2.45, 2.75) is 57.8 Å². The van der Waals surface area contributed by atoms with Gasteiger partial charge in [-0.15, -0.1) is 11.3 Å². The largest absolute Gasteiger partial charge is 0.480 e. The lowest BCUT2D eigenvalue weighted by molar-refractivity contribution is -0.141. The minimum atomic E-state index is -1.39. The van der Waals surface area contributed by atoms with Crippen LogP contribution in [0, 0.1) is 17.2 Å². The topological polar surface area (TPSA) is 154 Å². The SMILES string of the molecule is CCC(C)C(CN(CC(=O)C(c1cccs1)C(N)C(=O)O)Cc1cccc2ccccc12)NC(=O)Cc1cncn1Cc1ccc(C#N)cc1. The molecule has 1 amide bonds. The Balaban J connectivity index is 1.38. The summed E-state index contributed by atoms with van der Waals surface area (Å²) in [5, 5.41) is 26.1. The summed E-state index contributed by atoms with van der Waals surface area (Å²) in [6.07, 6.45) is 4.28. The van der Waals surface area contributed by atoms with Gasteiger partial charge in [0, 0.05) is 42.4 Å². The number of carboxylic acids is 1. The van der Waals surface area contributed by atoms with E-state index in [2.05, 4.69) is 36.3 Å². The Kier molecular flexibility index (Phi) is 12.3. The smallest absolute Gasteiger partial charge is 0.321 e. The van der Waals surface area contributed by atoms with Gasteiger partial charge in [0.2, 0.25) is 5.91 Å². The molecule has 5 aromatic rings. The fourth-order valence-corrected chi connectivity index (χ4v) is 7.09. The molecule has 0 saturated heterocycles. The van der Waals surface area contributed by atoms with Gasteiger partial charge in [0.15, 0.2) is 5.78 Å². The molecule has 0 aliphatic heterocycles. The number of rotatable bonds is 17. The average molecular weight is 691 g/mol. The van der Waals surface area contributed by atoms with Gasteiger partial charge in [-0.25, -0.2) is 4.98 Å². The Bertz CT molecular complexity index is 1940. The highest BCUT2D eigenvalue weighted by molar-refractivity contribution is 7.10. The number of carbonyl (C=O) groups is 3. The van der Waals surface area contributed by atoms with Crippen molar-refractivity contribution in [1.82, 2.24) is 19.8 Å². The summed E-state index contributed by atoms with van der Waals surface area (Å²) in [5.74, 6) is -2.63. The van der Waals surface area contributed by atoms with Crippen molar-refractivity contribution < 1.29 is 19.5 Å². The fraction of sp³-hybridized carbons (Fsp3) is 0.308. The van der Waals surface area contributed by atoms with E-state index in [0.717, 1.165) is 34.0 Å². The lowest BCUT2D eigenvalue weighted by Crippen LogP contribution is -2.50. The van der Waals surface area contributed by atoms with Gasteiger partial charge in [-0.05, 0) is 51.4 Å². The molecule has 5 rings (SSSR count). The number of carboxylic acid groups (broad SMARTS) is 1. The summed E-state index contributed by atoms with van der Waals surface area (Å²) in [7, 11) is 0. The first-order chi connectivity index (χ1) is 24.2. The normalized spacial score (nSPS) is 13.7. The molecule has 0 saturated carbocycles. The number of fused-ring (bicyclic) bond motifs is 1. The monoisotopic (exact) mass is 690 g/mol. The van der Waals surface area contributed by atoms with Gasteiger partial charge in [-0.1, -0.05) is 80.9 Å². The molecular weight excluding hydrogens is 649 g/mol. The maximum atomic E-state index is 14.0. The molecule has 11 heteroatoms. The first-order valence-electron chi connectivity index (χ1n) is 16.7. The quantitative estimate of drug-likeness (QED) is 0.118. The summed E-state index contributed by atoms with van der Waals surface area (Å²) in [6.45, 7) is 5.37. The van der Waals surface area contributed by atoms with Crippen LogP contribution in [0.15, 0.2) is 96.8 Å². The van der Waals surface area contributed by atoms with Crippen LogP contribution in [0.1, 0.15) is 53.4 Å². The highest BCUT2D eigenvalue weighted by Gasteiger charge is 2.34. The molecule has 0 fully saturated rings. The van der Waals surface area contributed by atoms with Crippen molar-refractivity contribution in [1.29, 1.82) is 5.26 Å². The summed E-state index contributed by atoms with van der Waals surface area (Å²) >= 11 is 1.31. The van der Waals surface area contributed by atoms with Gasteiger partial charge in [0.05, 0.1) is 36.8 Å². The number of nitriles is 1. The number of hydrogen-bond donors (Lipinski definition) is 3. The number of benzene rings is 3. The minimum Gasteiger partial charge on any atom is -0.480 e. The minimum absolute atomic E-state index is 0.0487. The van der Waals surface area contributed by atoms with Crippen LogP contribution in [-0.2, 0) is 33.9 Å². The molecular formula is C39H42N6O4S. The third kappa shape index (κ3) is 9.09. The first kappa shape index (κ1) is 36.1. The van der Waals surface area contributed by atoms with Gasteiger partial charge in [-0.3, -0.25) is 19.3 Å². The van der Waals surface area contributed by atoms with Crippen molar-refractivity contribution >= 4 is 39.8 Å². The van der Waals surface area contributed by atoms with Crippen LogP contribution in [-0.4, -0.2) is 62.4 Å². The molecule has 0 radical (unpaired) electrons. The molecule has 4 unspecified atom stereocenters. The second kappa shape index (κ2) is 17.0. The van der Waals surface area contributed by atoms with Crippen molar-refractivity contribution in [3.63, 3.8) is 0 Å². The van der Waals surface area contributed by atoms with Gasteiger partial charge in [0.1, 0.15) is 6.04 Å². The van der Waals surface area contributed by atoms with E-state index in [1.165, 1.54) is 11.3 Å². The Morgan fingerprint density at radius 1 is 1.06 bits per heavy atom. The highest BCUT2D eigenvalue weighted by atomic mass is 32.1. The molecule has 3 aromatic carbocycles. The van der Waals surface area contributed by atoms with E-state index in [1.807, 2.05) is 63.4 Å². The van der Waals surface area contributed by atoms with Gasteiger partial charge >= 0.3 is 5.97 Å². The van der Waals surface area contributed by atoms with Gasteiger partial charge < -0.3 is 20.7 Å². The van der Waals surface area contributed by atoms with Gasteiger partial charge in [-0.2, -0.15) is 5.26 Å². The average Bonchev–Trinajstić information content (AvgIpc) is 3.80. The van der Waals surface area contributed by atoms with Crippen molar-refractivity contribution in [2.75, 3.05) is 13.1 Å². The Labute approximate surface area is 296 Å². The number of Topliss-reactive ketones (excluding diaryl/α,β-unsaturated/α-hetero) is 1.